The van der Waals surface area contributed by atoms with E-state index in [0.717, 1.165) is 32.0 Å². The second kappa shape index (κ2) is 6.90. The second-order valence-electron chi connectivity index (χ2n) is 6.43. The van der Waals surface area contributed by atoms with Gasteiger partial charge in [0.15, 0.2) is 0 Å². The minimum absolute atomic E-state index is 0.0821. The van der Waals surface area contributed by atoms with Crippen molar-refractivity contribution in [3.05, 3.63) is 0 Å². The van der Waals surface area contributed by atoms with Crippen molar-refractivity contribution in [3.63, 3.8) is 0 Å². The fraction of sp³-hybridized carbons (Fsp3) is 0.938. The van der Waals surface area contributed by atoms with Gasteiger partial charge in [-0.15, -0.1) is 0 Å². The predicted molar refractivity (Wildman–Crippen MR) is 80.7 cm³/mol. The SMILES string of the molecule is CCOC(=O)C(C)(CCCN(CC)C1CC1)NC1CC1. The number of carbonyl (C=O) groups is 1. The van der Waals surface area contributed by atoms with Crippen LogP contribution >= 0.6 is 0 Å². The third kappa shape index (κ3) is 4.45. The predicted octanol–water partition coefficient (Wildman–Crippen LogP) is 2.32. The topological polar surface area (TPSA) is 41.6 Å². The lowest BCUT2D eigenvalue weighted by atomic mass is 9.95. The maximum Gasteiger partial charge on any atom is 0.326 e. The first kappa shape index (κ1) is 15.8. The quantitative estimate of drug-likeness (QED) is 0.624. The number of rotatable bonds is 10. The van der Waals surface area contributed by atoms with Crippen LogP contribution in [0.1, 0.15) is 59.3 Å². The summed E-state index contributed by atoms with van der Waals surface area (Å²) in [6, 6.07) is 1.33. The van der Waals surface area contributed by atoms with Crippen molar-refractivity contribution >= 4 is 5.97 Å². The molecule has 2 fully saturated rings. The highest BCUT2D eigenvalue weighted by Crippen LogP contribution is 2.28. The molecule has 116 valence electrons. The minimum Gasteiger partial charge on any atom is -0.465 e. The average molecular weight is 282 g/mol. The number of carbonyl (C=O) groups excluding carboxylic acids is 1. The molecule has 2 aliphatic rings. The molecular formula is C16H30N2O2. The number of esters is 1. The van der Waals surface area contributed by atoms with Crippen LogP contribution < -0.4 is 5.32 Å². The Morgan fingerprint density at radius 2 is 2.00 bits per heavy atom. The summed E-state index contributed by atoms with van der Waals surface area (Å²) in [5.74, 6) is -0.0821. The van der Waals surface area contributed by atoms with Gasteiger partial charge in [-0.2, -0.15) is 0 Å². The van der Waals surface area contributed by atoms with E-state index in [-0.39, 0.29) is 5.97 Å². The lowest BCUT2D eigenvalue weighted by Crippen LogP contribution is -2.51. The molecule has 0 radical (unpaired) electrons. The van der Waals surface area contributed by atoms with Crippen LogP contribution in [0, 0.1) is 0 Å². The van der Waals surface area contributed by atoms with E-state index >= 15 is 0 Å². The monoisotopic (exact) mass is 282 g/mol. The molecule has 2 aliphatic carbocycles. The third-order valence-corrected chi connectivity index (χ3v) is 4.42. The molecule has 20 heavy (non-hydrogen) atoms. The van der Waals surface area contributed by atoms with Crippen LogP contribution in [0.25, 0.3) is 0 Å². The van der Waals surface area contributed by atoms with Gasteiger partial charge in [-0.1, -0.05) is 6.92 Å². The first-order chi connectivity index (χ1) is 9.59. The highest BCUT2D eigenvalue weighted by molar-refractivity contribution is 5.80. The summed E-state index contributed by atoms with van der Waals surface area (Å²) in [4.78, 5) is 14.8. The van der Waals surface area contributed by atoms with Crippen molar-refractivity contribution in [1.29, 1.82) is 0 Å². The van der Waals surface area contributed by atoms with Gasteiger partial charge in [0, 0.05) is 12.1 Å². The van der Waals surface area contributed by atoms with Gasteiger partial charge in [-0.25, -0.2) is 0 Å². The second-order valence-corrected chi connectivity index (χ2v) is 6.43. The molecule has 2 saturated carbocycles. The number of ether oxygens (including phenoxy) is 1. The summed E-state index contributed by atoms with van der Waals surface area (Å²) in [6.45, 7) is 8.80. The van der Waals surface area contributed by atoms with Crippen LogP contribution in [-0.4, -0.2) is 48.2 Å². The van der Waals surface area contributed by atoms with Crippen molar-refractivity contribution in [1.82, 2.24) is 10.2 Å². The zero-order valence-corrected chi connectivity index (χ0v) is 13.3. The van der Waals surface area contributed by atoms with E-state index in [4.69, 9.17) is 4.74 Å². The molecule has 4 heteroatoms. The fourth-order valence-corrected chi connectivity index (χ4v) is 2.88. The Labute approximate surface area is 123 Å². The van der Waals surface area contributed by atoms with E-state index in [9.17, 15) is 4.79 Å². The maximum atomic E-state index is 12.2. The fourth-order valence-electron chi connectivity index (χ4n) is 2.88. The molecule has 2 rings (SSSR count). The highest BCUT2D eigenvalue weighted by atomic mass is 16.5. The van der Waals surface area contributed by atoms with E-state index in [1.165, 1.54) is 25.7 Å². The van der Waals surface area contributed by atoms with Crippen molar-refractivity contribution in [3.8, 4) is 0 Å². The number of nitrogens with one attached hydrogen (secondary N) is 1. The zero-order chi connectivity index (χ0) is 14.6. The number of hydrogen-bond donors (Lipinski definition) is 1. The molecule has 0 amide bonds. The Balaban J connectivity index is 1.81. The Hall–Kier alpha value is -0.610. The Morgan fingerprint density at radius 1 is 1.30 bits per heavy atom. The van der Waals surface area contributed by atoms with Crippen LogP contribution in [0.3, 0.4) is 0 Å². The van der Waals surface area contributed by atoms with Crippen LogP contribution in [0.5, 0.6) is 0 Å². The van der Waals surface area contributed by atoms with Crippen molar-refractivity contribution in [2.45, 2.75) is 76.9 Å². The molecule has 0 spiro atoms. The lowest BCUT2D eigenvalue weighted by molar-refractivity contribution is -0.151. The van der Waals surface area contributed by atoms with E-state index in [1.54, 1.807) is 0 Å². The van der Waals surface area contributed by atoms with Crippen molar-refractivity contribution in [2.75, 3.05) is 19.7 Å². The molecule has 0 aromatic rings. The molecule has 0 heterocycles. The summed E-state index contributed by atoms with van der Waals surface area (Å²) in [5.41, 5.74) is -0.500. The van der Waals surface area contributed by atoms with Crippen LogP contribution in [0.15, 0.2) is 0 Å². The molecule has 1 atom stereocenters. The van der Waals surface area contributed by atoms with Gasteiger partial charge >= 0.3 is 5.97 Å². The van der Waals surface area contributed by atoms with Gasteiger partial charge in [0.25, 0.3) is 0 Å². The largest absolute Gasteiger partial charge is 0.465 e. The van der Waals surface area contributed by atoms with Gasteiger partial charge in [0.2, 0.25) is 0 Å². The molecule has 1 unspecified atom stereocenters. The van der Waals surface area contributed by atoms with Crippen molar-refractivity contribution in [2.24, 2.45) is 0 Å². The summed E-state index contributed by atoms with van der Waals surface area (Å²) < 4.78 is 5.26. The minimum atomic E-state index is -0.500. The summed E-state index contributed by atoms with van der Waals surface area (Å²) >= 11 is 0. The normalized spacial score (nSPS) is 21.8. The van der Waals surface area contributed by atoms with Crippen LogP contribution in [-0.2, 0) is 9.53 Å². The Morgan fingerprint density at radius 3 is 2.50 bits per heavy atom. The molecule has 0 bridgehead atoms. The molecular weight excluding hydrogens is 252 g/mol. The van der Waals surface area contributed by atoms with Crippen LogP contribution in [0.4, 0.5) is 0 Å². The van der Waals surface area contributed by atoms with Gasteiger partial charge in [0.1, 0.15) is 5.54 Å². The van der Waals surface area contributed by atoms with Crippen LogP contribution in [0.2, 0.25) is 0 Å². The third-order valence-electron chi connectivity index (χ3n) is 4.42. The lowest BCUT2D eigenvalue weighted by Gasteiger charge is -2.30. The summed E-state index contributed by atoms with van der Waals surface area (Å²) in [5, 5.41) is 3.50. The Bertz CT molecular complexity index is 326. The first-order valence-corrected chi connectivity index (χ1v) is 8.28. The van der Waals surface area contributed by atoms with Gasteiger partial charge in [-0.05, 0) is 65.5 Å². The van der Waals surface area contributed by atoms with Crippen molar-refractivity contribution < 1.29 is 9.53 Å². The molecule has 0 saturated heterocycles. The smallest absolute Gasteiger partial charge is 0.326 e. The zero-order valence-electron chi connectivity index (χ0n) is 13.3. The molecule has 1 N–H and O–H groups in total. The summed E-state index contributed by atoms with van der Waals surface area (Å²) in [7, 11) is 0. The van der Waals surface area contributed by atoms with Gasteiger partial charge in [0.05, 0.1) is 6.61 Å². The molecule has 0 aliphatic heterocycles. The summed E-state index contributed by atoms with van der Waals surface area (Å²) in [6.07, 6.45) is 7.01. The van der Waals surface area contributed by atoms with E-state index in [0.29, 0.717) is 12.6 Å². The van der Waals surface area contributed by atoms with E-state index in [2.05, 4.69) is 17.1 Å². The van der Waals surface area contributed by atoms with Gasteiger partial charge in [-0.3, -0.25) is 10.1 Å². The Kier molecular flexibility index (Phi) is 5.44. The van der Waals surface area contributed by atoms with Gasteiger partial charge < -0.3 is 9.64 Å². The molecule has 0 aromatic heterocycles. The molecule has 4 nitrogen and oxygen atoms in total. The number of nitrogens with zero attached hydrogens (tertiary/aromatic N) is 1. The highest BCUT2D eigenvalue weighted by Gasteiger charge is 2.39. The maximum absolute atomic E-state index is 12.2. The first-order valence-electron chi connectivity index (χ1n) is 8.28. The van der Waals surface area contributed by atoms with E-state index in [1.807, 2.05) is 13.8 Å². The van der Waals surface area contributed by atoms with E-state index < -0.39 is 5.54 Å². The average Bonchev–Trinajstić information content (AvgIpc) is 3.28. The standard InChI is InChI=1S/C16H30N2O2/c1-4-18(14-9-10-14)12-6-11-16(3,15(19)20-5-2)17-13-7-8-13/h13-14,17H,4-12H2,1-3H3. The molecule has 0 aromatic carbocycles. The number of hydrogen-bond acceptors (Lipinski definition) is 4.